The van der Waals surface area contributed by atoms with Crippen molar-refractivity contribution in [1.29, 1.82) is 0 Å². The van der Waals surface area contributed by atoms with Crippen molar-refractivity contribution in [3.63, 3.8) is 0 Å². The third-order valence-electron chi connectivity index (χ3n) is 7.17. The van der Waals surface area contributed by atoms with Crippen LogP contribution in [0.2, 0.25) is 0 Å². The number of nitrogens with zero attached hydrogens (tertiary/aromatic N) is 3. The zero-order valence-electron chi connectivity index (χ0n) is 21.8. The number of para-hydroxylation sites is 1. The Labute approximate surface area is 229 Å². The molecule has 1 N–H and O–H groups in total. The van der Waals surface area contributed by atoms with E-state index in [4.69, 9.17) is 0 Å². The van der Waals surface area contributed by atoms with Gasteiger partial charge in [-0.2, -0.15) is 0 Å². The summed E-state index contributed by atoms with van der Waals surface area (Å²) in [6.45, 7) is 2.20. The van der Waals surface area contributed by atoms with Crippen LogP contribution in [-0.4, -0.2) is 61.2 Å². The Morgan fingerprint density at radius 2 is 1.69 bits per heavy atom. The molecule has 1 fully saturated rings. The number of carbonyl (C=O) groups is 2. The van der Waals surface area contributed by atoms with E-state index in [9.17, 15) is 18.0 Å². The normalized spacial score (nSPS) is 16.1. The number of rotatable bonds is 7. The van der Waals surface area contributed by atoms with E-state index in [-0.39, 0.29) is 16.7 Å². The molecule has 0 saturated carbocycles. The minimum atomic E-state index is -3.88. The van der Waals surface area contributed by atoms with Crippen molar-refractivity contribution in [1.82, 2.24) is 14.8 Å². The molecule has 1 saturated heterocycles. The highest BCUT2D eigenvalue weighted by Gasteiger charge is 2.23. The lowest BCUT2D eigenvalue weighted by molar-refractivity contribution is -0.131. The van der Waals surface area contributed by atoms with E-state index in [0.717, 1.165) is 31.1 Å². The van der Waals surface area contributed by atoms with Gasteiger partial charge in [-0.25, -0.2) is 8.42 Å². The van der Waals surface area contributed by atoms with Gasteiger partial charge in [0.15, 0.2) is 0 Å². The van der Waals surface area contributed by atoms with Crippen LogP contribution in [0.15, 0.2) is 89.5 Å². The SMILES string of the molecule is O=C(CCC1=CC=CCC1)N1CCCN(C(=O)c2ccc(NS(=O)(=O)c3cccc4cccnc34)cc2)CC1. The molecule has 39 heavy (non-hydrogen) atoms. The van der Waals surface area contributed by atoms with Crippen molar-refractivity contribution in [2.75, 3.05) is 30.9 Å². The zero-order chi connectivity index (χ0) is 27.2. The number of carbonyl (C=O) groups excluding carboxylic acids is 2. The molecule has 0 spiro atoms. The van der Waals surface area contributed by atoms with Gasteiger partial charge in [0.1, 0.15) is 4.90 Å². The molecule has 1 aliphatic heterocycles. The van der Waals surface area contributed by atoms with Crippen molar-refractivity contribution in [3.8, 4) is 0 Å². The van der Waals surface area contributed by atoms with E-state index < -0.39 is 10.0 Å². The summed E-state index contributed by atoms with van der Waals surface area (Å²) in [5, 5.41) is 0.734. The van der Waals surface area contributed by atoms with Crippen LogP contribution >= 0.6 is 0 Å². The predicted molar refractivity (Wildman–Crippen MR) is 152 cm³/mol. The van der Waals surface area contributed by atoms with Crippen LogP contribution < -0.4 is 4.72 Å². The average molecular weight is 545 g/mol. The first kappa shape index (κ1) is 26.6. The van der Waals surface area contributed by atoms with Gasteiger partial charge in [-0.1, -0.05) is 42.0 Å². The minimum absolute atomic E-state index is 0.0942. The second kappa shape index (κ2) is 11.8. The summed E-state index contributed by atoms with van der Waals surface area (Å²) < 4.78 is 28.7. The van der Waals surface area contributed by atoms with Gasteiger partial charge in [0.05, 0.1) is 5.52 Å². The van der Waals surface area contributed by atoms with Gasteiger partial charge in [-0.15, -0.1) is 0 Å². The molecule has 2 heterocycles. The summed E-state index contributed by atoms with van der Waals surface area (Å²) in [7, 11) is -3.88. The maximum Gasteiger partial charge on any atom is 0.264 e. The van der Waals surface area contributed by atoms with Crippen LogP contribution in [0.3, 0.4) is 0 Å². The van der Waals surface area contributed by atoms with E-state index in [2.05, 4.69) is 27.9 Å². The number of anilines is 1. The van der Waals surface area contributed by atoms with Gasteiger partial charge in [0.25, 0.3) is 15.9 Å². The van der Waals surface area contributed by atoms with Crippen molar-refractivity contribution in [3.05, 3.63) is 90.2 Å². The van der Waals surface area contributed by atoms with Crippen molar-refractivity contribution in [2.24, 2.45) is 0 Å². The van der Waals surface area contributed by atoms with Gasteiger partial charge < -0.3 is 9.80 Å². The van der Waals surface area contributed by atoms with E-state index in [1.54, 1.807) is 47.5 Å². The van der Waals surface area contributed by atoms with Crippen molar-refractivity contribution >= 4 is 38.4 Å². The van der Waals surface area contributed by atoms with Crippen molar-refractivity contribution < 1.29 is 18.0 Å². The quantitative estimate of drug-likeness (QED) is 0.462. The molecule has 9 heteroatoms. The lowest BCUT2D eigenvalue weighted by atomic mass is 10.0. The molecule has 0 bridgehead atoms. The molecule has 1 aromatic heterocycles. The number of benzene rings is 2. The van der Waals surface area contributed by atoms with Crippen molar-refractivity contribution in [2.45, 2.75) is 37.0 Å². The second-order valence-corrected chi connectivity index (χ2v) is 11.5. The highest BCUT2D eigenvalue weighted by molar-refractivity contribution is 7.93. The minimum Gasteiger partial charge on any atom is -0.341 e. The highest BCUT2D eigenvalue weighted by Crippen LogP contribution is 2.24. The first-order chi connectivity index (χ1) is 18.9. The number of hydrogen-bond acceptors (Lipinski definition) is 5. The van der Waals surface area contributed by atoms with E-state index in [1.165, 1.54) is 11.6 Å². The molecule has 2 aromatic carbocycles. The monoisotopic (exact) mass is 544 g/mol. The molecule has 0 unspecified atom stereocenters. The fraction of sp³-hybridized carbons (Fsp3) is 0.300. The average Bonchev–Trinajstić information content (AvgIpc) is 3.22. The third kappa shape index (κ3) is 6.37. The number of fused-ring (bicyclic) bond motifs is 1. The van der Waals surface area contributed by atoms with Crippen LogP contribution in [0.1, 0.15) is 42.5 Å². The molecule has 0 radical (unpaired) electrons. The van der Waals surface area contributed by atoms with E-state index >= 15 is 0 Å². The molecule has 202 valence electrons. The Bertz CT molecular complexity index is 1520. The summed E-state index contributed by atoms with van der Waals surface area (Å²) in [6.07, 6.45) is 11.9. The first-order valence-corrected chi connectivity index (χ1v) is 14.8. The van der Waals surface area contributed by atoms with Gasteiger partial charge in [0, 0.05) is 55.4 Å². The topological polar surface area (TPSA) is 99.7 Å². The largest absolute Gasteiger partial charge is 0.341 e. The highest BCUT2D eigenvalue weighted by atomic mass is 32.2. The predicted octanol–water partition coefficient (Wildman–Crippen LogP) is 4.77. The van der Waals surface area contributed by atoms with Crippen LogP contribution in [0.4, 0.5) is 5.69 Å². The number of amides is 2. The fourth-order valence-electron chi connectivity index (χ4n) is 5.02. The van der Waals surface area contributed by atoms with Gasteiger partial charge in [0.2, 0.25) is 5.91 Å². The lowest BCUT2D eigenvalue weighted by Gasteiger charge is -2.22. The van der Waals surface area contributed by atoms with Crippen LogP contribution in [-0.2, 0) is 14.8 Å². The summed E-state index contributed by atoms with van der Waals surface area (Å²) in [4.78, 5) is 33.9. The van der Waals surface area contributed by atoms with Crippen LogP contribution in [0.25, 0.3) is 10.9 Å². The molecule has 2 aliphatic rings. The second-order valence-electron chi connectivity index (χ2n) is 9.83. The fourth-order valence-corrected chi connectivity index (χ4v) is 6.26. The Kier molecular flexibility index (Phi) is 8.07. The molecule has 2 amide bonds. The van der Waals surface area contributed by atoms with Crippen LogP contribution in [0, 0.1) is 0 Å². The number of pyridine rings is 1. The maximum absolute atomic E-state index is 13.2. The zero-order valence-corrected chi connectivity index (χ0v) is 22.6. The molecule has 1 aliphatic carbocycles. The number of aromatic nitrogens is 1. The summed E-state index contributed by atoms with van der Waals surface area (Å²) in [5.41, 5.74) is 2.55. The Morgan fingerprint density at radius 1 is 0.923 bits per heavy atom. The number of allylic oxidation sites excluding steroid dienone is 4. The number of nitrogens with one attached hydrogen (secondary N) is 1. The standard InChI is InChI=1S/C30H32N4O4S/c35-28(17-12-23-7-2-1-3-8-23)33-19-6-20-34(22-21-33)30(36)25-13-15-26(16-14-25)32-39(37,38)27-11-4-9-24-10-5-18-31-29(24)27/h1-2,4-5,7,9-11,13-16,18,32H,3,6,8,12,17,19-22H2. The van der Waals surface area contributed by atoms with Gasteiger partial charge >= 0.3 is 0 Å². The Morgan fingerprint density at radius 3 is 2.49 bits per heavy atom. The van der Waals surface area contributed by atoms with E-state index in [1.807, 2.05) is 17.0 Å². The smallest absolute Gasteiger partial charge is 0.264 e. The molecule has 3 aromatic rings. The lowest BCUT2D eigenvalue weighted by Crippen LogP contribution is -2.37. The molecular formula is C30H32N4O4S. The van der Waals surface area contributed by atoms with Gasteiger partial charge in [-0.3, -0.25) is 19.3 Å². The number of sulfonamides is 1. The number of hydrogen-bond donors (Lipinski definition) is 1. The third-order valence-corrected chi connectivity index (χ3v) is 8.58. The van der Waals surface area contributed by atoms with E-state index in [0.29, 0.717) is 49.4 Å². The summed E-state index contributed by atoms with van der Waals surface area (Å²) >= 11 is 0. The first-order valence-electron chi connectivity index (χ1n) is 13.3. The van der Waals surface area contributed by atoms with Gasteiger partial charge in [-0.05, 0) is 62.1 Å². The molecule has 0 atom stereocenters. The molecular weight excluding hydrogens is 512 g/mol. The Balaban J connectivity index is 1.19. The summed E-state index contributed by atoms with van der Waals surface area (Å²) in [6, 6.07) is 15.0. The molecule has 5 rings (SSSR count). The Hall–Kier alpha value is -3.98. The molecule has 8 nitrogen and oxygen atoms in total. The summed E-state index contributed by atoms with van der Waals surface area (Å²) in [5.74, 6) is 0.00823. The van der Waals surface area contributed by atoms with Crippen LogP contribution in [0.5, 0.6) is 0 Å². The maximum atomic E-state index is 13.2.